The molecular formula is C43H80O12S. The molecule has 330 valence electrons. The van der Waals surface area contributed by atoms with Crippen LogP contribution in [0, 0.1) is 0 Å². The molecular weight excluding hydrogens is 741 g/mol. The highest BCUT2D eigenvalue weighted by molar-refractivity contribution is 7.85. The average Bonchev–Trinajstić information content (AvgIpc) is 3.16. The standard InChI is InChI=1S/C43H80O12S/c1-3-5-7-9-11-13-15-17-18-20-21-23-25-27-29-31-38(44)52-33-36(34-53-43-42(48)41(47)40(46)37(55-43)35-56(49,50)51)54-39(45)32-30-28-26-24-22-19-16-14-12-10-8-6-4-2/h20-21,36-37,40-43,46-48H,3-19,22-35H2,1-2H3,(H,49,50,51)/b21-20+/t36-,37-,40-,41?,42?,43+/m1/s1. The molecule has 56 heavy (non-hydrogen) atoms. The third-order valence-corrected chi connectivity index (χ3v) is 11.1. The van der Waals surface area contributed by atoms with Crippen LogP contribution < -0.4 is 0 Å². The van der Waals surface area contributed by atoms with E-state index in [2.05, 4.69) is 26.0 Å². The molecule has 0 aromatic rings. The van der Waals surface area contributed by atoms with E-state index in [0.717, 1.165) is 44.9 Å². The van der Waals surface area contributed by atoms with Crippen LogP contribution in [-0.4, -0.2) is 96.0 Å². The molecule has 0 aromatic heterocycles. The lowest BCUT2D eigenvalue weighted by Gasteiger charge is -2.40. The number of rotatable bonds is 37. The number of ether oxygens (including phenoxy) is 4. The number of hydrogen-bond acceptors (Lipinski definition) is 11. The van der Waals surface area contributed by atoms with E-state index in [-0.39, 0.29) is 19.4 Å². The van der Waals surface area contributed by atoms with Crippen LogP contribution in [0.25, 0.3) is 0 Å². The van der Waals surface area contributed by atoms with Gasteiger partial charge in [0, 0.05) is 12.8 Å². The molecule has 1 fully saturated rings. The second-order valence-electron chi connectivity index (χ2n) is 15.7. The minimum Gasteiger partial charge on any atom is -0.462 e. The van der Waals surface area contributed by atoms with Crippen LogP contribution in [0.3, 0.4) is 0 Å². The fraction of sp³-hybridized carbons (Fsp3) is 0.907. The summed E-state index contributed by atoms with van der Waals surface area (Å²) in [7, 11) is -4.60. The molecule has 0 aliphatic carbocycles. The topological polar surface area (TPSA) is 186 Å². The molecule has 0 bridgehead atoms. The molecule has 1 rings (SSSR count). The maximum absolute atomic E-state index is 12.8. The smallest absolute Gasteiger partial charge is 0.306 e. The number of unbranched alkanes of at least 4 members (excludes halogenated alkanes) is 23. The second kappa shape index (κ2) is 34.3. The molecule has 2 unspecified atom stereocenters. The quantitative estimate of drug-likeness (QED) is 0.0203. The third kappa shape index (κ3) is 28.7. The van der Waals surface area contributed by atoms with E-state index in [0.29, 0.717) is 12.8 Å². The summed E-state index contributed by atoms with van der Waals surface area (Å²) in [6.45, 7) is 3.75. The summed E-state index contributed by atoms with van der Waals surface area (Å²) in [5.41, 5.74) is 0. The van der Waals surface area contributed by atoms with E-state index in [4.69, 9.17) is 18.9 Å². The fourth-order valence-corrected chi connectivity index (χ4v) is 7.54. The van der Waals surface area contributed by atoms with E-state index in [9.17, 15) is 37.9 Å². The van der Waals surface area contributed by atoms with Gasteiger partial charge in [-0.3, -0.25) is 14.1 Å². The molecule has 0 aromatic carbocycles. The Labute approximate surface area is 339 Å². The Morgan fingerprint density at radius 2 is 1.02 bits per heavy atom. The molecule has 1 aliphatic heterocycles. The summed E-state index contributed by atoms with van der Waals surface area (Å²) in [6.07, 6.45) is 25.4. The maximum Gasteiger partial charge on any atom is 0.306 e. The van der Waals surface area contributed by atoms with Gasteiger partial charge in [0.2, 0.25) is 0 Å². The lowest BCUT2D eigenvalue weighted by molar-refractivity contribution is -0.297. The number of carbonyl (C=O) groups excluding carboxylic acids is 2. The lowest BCUT2D eigenvalue weighted by Crippen LogP contribution is -2.60. The van der Waals surface area contributed by atoms with Crippen molar-refractivity contribution in [3.8, 4) is 0 Å². The molecule has 0 spiro atoms. The number of carbonyl (C=O) groups is 2. The van der Waals surface area contributed by atoms with Crippen LogP contribution in [0.2, 0.25) is 0 Å². The maximum atomic E-state index is 12.8. The van der Waals surface area contributed by atoms with Gasteiger partial charge in [-0.2, -0.15) is 8.42 Å². The van der Waals surface area contributed by atoms with E-state index in [1.54, 1.807) is 0 Å². The van der Waals surface area contributed by atoms with E-state index >= 15 is 0 Å². The fourth-order valence-electron chi connectivity index (χ4n) is 6.85. The number of esters is 2. The van der Waals surface area contributed by atoms with Crippen molar-refractivity contribution >= 4 is 22.1 Å². The van der Waals surface area contributed by atoms with Gasteiger partial charge in [0.15, 0.2) is 12.4 Å². The largest absolute Gasteiger partial charge is 0.462 e. The van der Waals surface area contributed by atoms with E-state index in [1.807, 2.05) is 0 Å². The Hall–Kier alpha value is -1.61. The first-order valence-electron chi connectivity index (χ1n) is 22.2. The molecule has 13 heteroatoms. The molecule has 12 nitrogen and oxygen atoms in total. The number of aliphatic hydroxyl groups excluding tert-OH is 3. The zero-order chi connectivity index (χ0) is 41.3. The van der Waals surface area contributed by atoms with Gasteiger partial charge < -0.3 is 34.3 Å². The van der Waals surface area contributed by atoms with Crippen molar-refractivity contribution in [1.29, 1.82) is 0 Å². The van der Waals surface area contributed by atoms with Crippen LogP contribution in [-0.2, 0) is 38.7 Å². The Kier molecular flexibility index (Phi) is 32.1. The highest BCUT2D eigenvalue weighted by Gasteiger charge is 2.46. The van der Waals surface area contributed by atoms with E-state index < -0.39 is 71.2 Å². The molecule has 0 radical (unpaired) electrons. The van der Waals surface area contributed by atoms with Gasteiger partial charge in [-0.15, -0.1) is 0 Å². The molecule has 0 saturated carbocycles. The van der Waals surface area contributed by atoms with Crippen LogP contribution in [0.15, 0.2) is 12.2 Å². The molecule has 6 atom stereocenters. The zero-order valence-corrected chi connectivity index (χ0v) is 35.8. The van der Waals surface area contributed by atoms with Crippen LogP contribution in [0.1, 0.15) is 194 Å². The Balaban J connectivity index is 2.46. The van der Waals surface area contributed by atoms with Crippen molar-refractivity contribution in [3.63, 3.8) is 0 Å². The predicted molar refractivity (Wildman–Crippen MR) is 220 cm³/mol. The minimum atomic E-state index is -4.60. The Morgan fingerprint density at radius 1 is 0.589 bits per heavy atom. The summed E-state index contributed by atoms with van der Waals surface area (Å²) < 4.78 is 54.0. The first-order valence-corrected chi connectivity index (χ1v) is 23.9. The van der Waals surface area contributed by atoms with Crippen LogP contribution in [0.4, 0.5) is 0 Å². The summed E-state index contributed by atoms with van der Waals surface area (Å²) in [4.78, 5) is 25.3. The number of hydrogen-bond donors (Lipinski definition) is 4. The zero-order valence-electron chi connectivity index (χ0n) is 35.0. The van der Waals surface area contributed by atoms with Gasteiger partial charge in [-0.1, -0.05) is 154 Å². The highest BCUT2D eigenvalue weighted by atomic mass is 32.2. The van der Waals surface area contributed by atoms with Crippen LogP contribution in [0.5, 0.6) is 0 Å². The monoisotopic (exact) mass is 821 g/mol. The normalized spacial score (nSPS) is 20.7. The summed E-state index contributed by atoms with van der Waals surface area (Å²) in [5, 5.41) is 30.8. The second-order valence-corrected chi connectivity index (χ2v) is 17.2. The Bertz CT molecular complexity index is 1100. The molecule has 0 amide bonds. The van der Waals surface area contributed by atoms with Crippen molar-refractivity contribution in [2.75, 3.05) is 19.0 Å². The summed E-state index contributed by atoms with van der Waals surface area (Å²) in [5.74, 6) is -1.99. The predicted octanol–water partition coefficient (Wildman–Crippen LogP) is 8.67. The highest BCUT2D eigenvalue weighted by Crippen LogP contribution is 2.24. The Morgan fingerprint density at radius 3 is 1.50 bits per heavy atom. The van der Waals surface area contributed by atoms with Crippen molar-refractivity contribution in [1.82, 2.24) is 0 Å². The number of aliphatic hydroxyl groups is 3. The lowest BCUT2D eigenvalue weighted by atomic mass is 10.00. The third-order valence-electron chi connectivity index (χ3n) is 10.3. The van der Waals surface area contributed by atoms with Crippen molar-refractivity contribution in [2.45, 2.75) is 230 Å². The molecule has 1 aliphatic rings. The van der Waals surface area contributed by atoms with Gasteiger partial charge >= 0.3 is 11.9 Å². The van der Waals surface area contributed by atoms with Crippen LogP contribution >= 0.6 is 0 Å². The van der Waals surface area contributed by atoms with Gasteiger partial charge in [-0.05, 0) is 38.5 Å². The van der Waals surface area contributed by atoms with Gasteiger partial charge in [0.05, 0.1) is 6.61 Å². The first kappa shape index (κ1) is 52.4. The van der Waals surface area contributed by atoms with E-state index in [1.165, 1.54) is 109 Å². The molecule has 1 saturated heterocycles. The first-order chi connectivity index (χ1) is 27.0. The number of allylic oxidation sites excluding steroid dienone is 2. The SMILES string of the molecule is CCCCCCCCCC/C=C/CCCCCC(=O)OC[C@H](CO[C@H]1O[C@H](CS(=O)(=O)O)[C@@H](O)C(O)C1O)OC(=O)CCCCCCCCCCCCCCC. The van der Waals surface area contributed by atoms with Gasteiger partial charge in [0.25, 0.3) is 10.1 Å². The van der Waals surface area contributed by atoms with Gasteiger partial charge in [0.1, 0.15) is 36.8 Å². The van der Waals surface area contributed by atoms with Crippen molar-refractivity contribution in [3.05, 3.63) is 12.2 Å². The summed E-state index contributed by atoms with van der Waals surface area (Å²) in [6, 6.07) is 0. The molecule has 1 heterocycles. The van der Waals surface area contributed by atoms with Crippen molar-refractivity contribution in [2.24, 2.45) is 0 Å². The van der Waals surface area contributed by atoms with Crippen molar-refractivity contribution < 1.29 is 56.8 Å². The summed E-state index contributed by atoms with van der Waals surface area (Å²) >= 11 is 0. The van der Waals surface area contributed by atoms with Gasteiger partial charge in [-0.25, -0.2) is 0 Å². The molecule has 4 N–H and O–H groups in total. The minimum absolute atomic E-state index is 0.166. The average molecular weight is 821 g/mol.